The van der Waals surface area contributed by atoms with Crippen LogP contribution in [0, 0.1) is 5.92 Å². The Labute approximate surface area is 111 Å². The second kappa shape index (κ2) is 6.26. The zero-order valence-corrected chi connectivity index (χ0v) is 11.4. The van der Waals surface area contributed by atoms with E-state index in [0.717, 1.165) is 31.1 Å². The van der Waals surface area contributed by atoms with E-state index in [0.29, 0.717) is 12.5 Å². The summed E-state index contributed by atoms with van der Waals surface area (Å²) < 4.78 is 0. The summed E-state index contributed by atoms with van der Waals surface area (Å²) in [6.45, 7) is 2.38. The minimum absolute atomic E-state index is 0.0588. The summed E-state index contributed by atoms with van der Waals surface area (Å²) in [4.78, 5) is 19.9. The second-order valence-corrected chi connectivity index (χ2v) is 5.57. The van der Waals surface area contributed by atoms with Gasteiger partial charge in [0.05, 0.1) is 6.54 Å². The average Bonchev–Trinajstić information content (AvgIpc) is 2.92. The van der Waals surface area contributed by atoms with Gasteiger partial charge in [0, 0.05) is 31.8 Å². The van der Waals surface area contributed by atoms with Crippen molar-refractivity contribution in [3.05, 3.63) is 11.6 Å². The number of hydrogen-bond acceptors (Lipinski definition) is 5. The molecule has 0 aliphatic carbocycles. The summed E-state index contributed by atoms with van der Waals surface area (Å²) in [6, 6.07) is 0. The van der Waals surface area contributed by atoms with Gasteiger partial charge in [-0.05, 0) is 25.3 Å². The molecular weight excluding hydrogens is 250 g/mol. The first kappa shape index (κ1) is 13.5. The van der Waals surface area contributed by atoms with Gasteiger partial charge in [-0.1, -0.05) is 0 Å². The Hall–Kier alpha value is -0.980. The summed E-state index contributed by atoms with van der Waals surface area (Å²) in [6.07, 6.45) is 3.81. The van der Waals surface area contributed by atoms with Crippen LogP contribution in [0.4, 0.5) is 5.13 Å². The van der Waals surface area contributed by atoms with Gasteiger partial charge in [0.15, 0.2) is 5.13 Å². The van der Waals surface area contributed by atoms with Gasteiger partial charge >= 0.3 is 0 Å². The number of likely N-dealkylation sites (N-methyl/N-ethyl adjacent to an activating group) is 1. The lowest BCUT2D eigenvalue weighted by Gasteiger charge is -2.31. The molecule has 0 spiro atoms. The lowest BCUT2D eigenvalue weighted by molar-refractivity contribution is -0.120. The molecule has 2 rings (SSSR count). The molecule has 1 aromatic heterocycles. The maximum atomic E-state index is 12.1. The maximum absolute atomic E-state index is 12.1. The Morgan fingerprint density at radius 1 is 1.72 bits per heavy atom. The molecule has 1 unspecified atom stereocenters. The van der Waals surface area contributed by atoms with E-state index in [9.17, 15) is 9.90 Å². The molecule has 1 fully saturated rings. The molecule has 1 amide bonds. The van der Waals surface area contributed by atoms with Crippen molar-refractivity contribution < 1.29 is 9.90 Å². The van der Waals surface area contributed by atoms with E-state index in [1.807, 2.05) is 5.38 Å². The number of anilines is 1. The number of amides is 1. The average molecular weight is 269 g/mol. The Morgan fingerprint density at radius 3 is 3.22 bits per heavy atom. The third-order valence-electron chi connectivity index (χ3n) is 3.30. The molecule has 1 N–H and O–H groups in total. The number of carbonyl (C=O) groups excluding carboxylic acids is 1. The molecule has 0 aromatic carbocycles. The highest BCUT2D eigenvalue weighted by atomic mass is 32.1. The lowest BCUT2D eigenvalue weighted by atomic mass is 9.99. The number of aliphatic hydroxyl groups excluding tert-OH is 1. The Kier molecular flexibility index (Phi) is 4.68. The zero-order chi connectivity index (χ0) is 13.0. The third kappa shape index (κ3) is 3.28. The van der Waals surface area contributed by atoms with Crippen LogP contribution < -0.4 is 4.90 Å². The van der Waals surface area contributed by atoms with E-state index in [4.69, 9.17) is 0 Å². The number of piperidine rings is 1. The highest BCUT2D eigenvalue weighted by molar-refractivity contribution is 7.13. The van der Waals surface area contributed by atoms with Gasteiger partial charge in [0.25, 0.3) is 0 Å². The van der Waals surface area contributed by atoms with Crippen LogP contribution in [-0.4, -0.2) is 54.2 Å². The number of thiazole rings is 1. The van der Waals surface area contributed by atoms with Gasteiger partial charge in [-0.2, -0.15) is 0 Å². The standard InChI is InChI=1S/C12H19N3O2S/c1-14(12-13-4-6-18-12)11(17)8-15-5-2-3-10(7-15)9-16/h4,6,10,16H,2-3,5,7-9H2,1H3. The maximum Gasteiger partial charge on any atom is 0.242 e. The molecule has 0 radical (unpaired) electrons. The number of aromatic nitrogens is 1. The first-order valence-electron chi connectivity index (χ1n) is 6.20. The smallest absolute Gasteiger partial charge is 0.242 e. The van der Waals surface area contributed by atoms with Crippen molar-refractivity contribution in [3.63, 3.8) is 0 Å². The summed E-state index contributed by atoms with van der Waals surface area (Å²) in [5, 5.41) is 11.8. The second-order valence-electron chi connectivity index (χ2n) is 4.69. The minimum Gasteiger partial charge on any atom is -0.396 e. The van der Waals surface area contributed by atoms with Gasteiger partial charge < -0.3 is 5.11 Å². The molecule has 1 aliphatic rings. The van der Waals surface area contributed by atoms with Crippen LogP contribution in [0.1, 0.15) is 12.8 Å². The molecule has 5 nitrogen and oxygen atoms in total. The largest absolute Gasteiger partial charge is 0.396 e. The van der Waals surface area contributed by atoms with Crippen molar-refractivity contribution in [2.45, 2.75) is 12.8 Å². The first-order chi connectivity index (χ1) is 8.70. The quantitative estimate of drug-likeness (QED) is 0.879. The van der Waals surface area contributed by atoms with Crippen molar-refractivity contribution in [1.29, 1.82) is 0 Å². The van der Waals surface area contributed by atoms with Crippen LogP contribution in [-0.2, 0) is 4.79 Å². The number of carbonyl (C=O) groups is 1. The number of likely N-dealkylation sites (tertiary alicyclic amines) is 1. The molecule has 1 saturated heterocycles. The predicted octanol–water partition coefficient (Wildman–Crippen LogP) is 0.810. The van der Waals surface area contributed by atoms with Crippen LogP contribution in [0.2, 0.25) is 0 Å². The molecule has 2 heterocycles. The van der Waals surface area contributed by atoms with E-state index in [1.165, 1.54) is 11.3 Å². The monoisotopic (exact) mass is 269 g/mol. The minimum atomic E-state index is 0.0588. The van der Waals surface area contributed by atoms with Gasteiger partial charge in [0.1, 0.15) is 0 Å². The zero-order valence-electron chi connectivity index (χ0n) is 10.6. The fourth-order valence-electron chi connectivity index (χ4n) is 2.23. The predicted molar refractivity (Wildman–Crippen MR) is 71.8 cm³/mol. The first-order valence-corrected chi connectivity index (χ1v) is 7.08. The molecule has 0 saturated carbocycles. The Balaban J connectivity index is 1.87. The molecule has 1 atom stereocenters. The molecule has 6 heteroatoms. The highest BCUT2D eigenvalue weighted by Crippen LogP contribution is 2.18. The van der Waals surface area contributed by atoms with Crippen LogP contribution in [0.3, 0.4) is 0 Å². The Morgan fingerprint density at radius 2 is 2.56 bits per heavy atom. The van der Waals surface area contributed by atoms with E-state index in [-0.39, 0.29) is 12.5 Å². The number of nitrogens with zero attached hydrogens (tertiary/aromatic N) is 3. The van der Waals surface area contributed by atoms with Crippen molar-refractivity contribution in [2.24, 2.45) is 5.92 Å². The van der Waals surface area contributed by atoms with Crippen LogP contribution >= 0.6 is 11.3 Å². The molecular formula is C12H19N3O2S. The van der Waals surface area contributed by atoms with E-state index < -0.39 is 0 Å². The van der Waals surface area contributed by atoms with E-state index in [1.54, 1.807) is 18.1 Å². The van der Waals surface area contributed by atoms with Crippen LogP contribution in [0.15, 0.2) is 11.6 Å². The summed E-state index contributed by atoms with van der Waals surface area (Å²) in [5.74, 6) is 0.375. The van der Waals surface area contributed by atoms with Gasteiger partial charge in [-0.25, -0.2) is 4.98 Å². The number of hydrogen-bond donors (Lipinski definition) is 1. The van der Waals surface area contributed by atoms with Gasteiger partial charge in [-0.15, -0.1) is 11.3 Å². The van der Waals surface area contributed by atoms with E-state index >= 15 is 0 Å². The third-order valence-corrected chi connectivity index (χ3v) is 4.15. The van der Waals surface area contributed by atoms with Gasteiger partial charge in [0.2, 0.25) is 5.91 Å². The summed E-state index contributed by atoms with van der Waals surface area (Å²) >= 11 is 1.46. The van der Waals surface area contributed by atoms with Crippen LogP contribution in [0.5, 0.6) is 0 Å². The number of rotatable bonds is 4. The lowest BCUT2D eigenvalue weighted by Crippen LogP contribution is -2.43. The summed E-state index contributed by atoms with van der Waals surface area (Å²) in [7, 11) is 1.76. The SMILES string of the molecule is CN(C(=O)CN1CCCC(CO)C1)c1nccs1. The van der Waals surface area contributed by atoms with E-state index in [2.05, 4.69) is 9.88 Å². The van der Waals surface area contributed by atoms with Crippen molar-refractivity contribution in [1.82, 2.24) is 9.88 Å². The summed E-state index contributed by atoms with van der Waals surface area (Å²) in [5.41, 5.74) is 0. The Bertz CT molecular complexity index is 383. The molecule has 100 valence electrons. The molecule has 1 aliphatic heterocycles. The van der Waals surface area contributed by atoms with Crippen molar-refractivity contribution in [2.75, 3.05) is 38.2 Å². The number of aliphatic hydroxyl groups is 1. The van der Waals surface area contributed by atoms with Gasteiger partial charge in [-0.3, -0.25) is 14.6 Å². The van der Waals surface area contributed by atoms with Crippen molar-refractivity contribution >= 4 is 22.4 Å². The highest BCUT2D eigenvalue weighted by Gasteiger charge is 2.23. The molecule has 1 aromatic rings. The normalized spacial score (nSPS) is 20.9. The topological polar surface area (TPSA) is 56.7 Å². The van der Waals surface area contributed by atoms with Crippen LogP contribution in [0.25, 0.3) is 0 Å². The molecule has 0 bridgehead atoms. The fourth-order valence-corrected chi connectivity index (χ4v) is 2.85. The fraction of sp³-hybridized carbons (Fsp3) is 0.667. The van der Waals surface area contributed by atoms with Crippen molar-refractivity contribution in [3.8, 4) is 0 Å². The molecule has 18 heavy (non-hydrogen) atoms.